The number of likely N-dealkylation sites (N-methyl/N-ethyl adjacent to an activating group) is 2. The highest BCUT2D eigenvalue weighted by Gasteiger charge is 2.27. The highest BCUT2D eigenvalue weighted by molar-refractivity contribution is 8.14. The highest BCUT2D eigenvalue weighted by atomic mass is 32.2. The van der Waals surface area contributed by atoms with E-state index >= 15 is 0 Å². The quantitative estimate of drug-likeness (QED) is 0.282. The Bertz CT molecular complexity index is 695. The molecule has 36 heavy (non-hydrogen) atoms. The Balaban J connectivity index is 4.87. The predicted octanol–water partition coefficient (Wildman–Crippen LogP) is 1.81. The molecule has 0 aliphatic carbocycles. The fraction of sp³-hybridized carbons (Fsp3) is 0.750. The SMILES string of the molecule is CCC(=O)N[C@@H](CSC(=O)CCC(=O)SC[C@H](NC(=O)CC)C(=O)N(CC)CC)C(=O)N(CC)CC. The van der Waals surface area contributed by atoms with Gasteiger partial charge in [-0.15, -0.1) is 0 Å². The summed E-state index contributed by atoms with van der Waals surface area (Å²) in [4.78, 5) is 77.1. The molecule has 10 nitrogen and oxygen atoms in total. The van der Waals surface area contributed by atoms with Crippen molar-refractivity contribution in [3.63, 3.8) is 0 Å². The van der Waals surface area contributed by atoms with E-state index in [1.54, 1.807) is 23.6 Å². The van der Waals surface area contributed by atoms with E-state index in [-0.39, 0.29) is 71.0 Å². The molecule has 206 valence electrons. The molecule has 0 aromatic heterocycles. The van der Waals surface area contributed by atoms with Crippen LogP contribution >= 0.6 is 23.5 Å². The van der Waals surface area contributed by atoms with Gasteiger partial charge in [0.15, 0.2) is 10.2 Å². The van der Waals surface area contributed by atoms with Crippen molar-refractivity contribution in [2.24, 2.45) is 0 Å². The third kappa shape index (κ3) is 12.8. The average Bonchev–Trinajstić information content (AvgIpc) is 2.88. The molecule has 0 radical (unpaired) electrons. The van der Waals surface area contributed by atoms with Crippen LogP contribution in [0.3, 0.4) is 0 Å². The van der Waals surface area contributed by atoms with E-state index in [0.29, 0.717) is 26.2 Å². The summed E-state index contributed by atoms with van der Waals surface area (Å²) in [5, 5.41) is 4.82. The van der Waals surface area contributed by atoms with Gasteiger partial charge in [-0.2, -0.15) is 0 Å². The molecule has 12 heteroatoms. The van der Waals surface area contributed by atoms with Crippen LogP contribution in [0.2, 0.25) is 0 Å². The maximum Gasteiger partial charge on any atom is 0.246 e. The van der Waals surface area contributed by atoms with Crippen molar-refractivity contribution >= 4 is 57.4 Å². The number of nitrogens with zero attached hydrogens (tertiary/aromatic N) is 2. The summed E-state index contributed by atoms with van der Waals surface area (Å²) in [5.74, 6) is -0.859. The van der Waals surface area contributed by atoms with E-state index in [2.05, 4.69) is 10.6 Å². The molecule has 0 rings (SSSR count). The third-order valence-corrected chi connectivity index (χ3v) is 7.47. The van der Waals surface area contributed by atoms with Crippen LogP contribution in [-0.2, 0) is 28.8 Å². The van der Waals surface area contributed by atoms with Gasteiger partial charge in [-0.3, -0.25) is 28.8 Å². The zero-order valence-electron chi connectivity index (χ0n) is 22.4. The molecular formula is C24H42N4O6S2. The number of carbonyl (C=O) groups excluding carboxylic acids is 6. The number of hydrogen-bond acceptors (Lipinski definition) is 8. The summed E-state index contributed by atoms with van der Waals surface area (Å²) < 4.78 is 0. The Labute approximate surface area is 223 Å². The highest BCUT2D eigenvalue weighted by Crippen LogP contribution is 2.16. The molecule has 2 N–H and O–H groups in total. The second kappa shape index (κ2) is 19.1. The Hall–Kier alpha value is -2.08. The molecule has 0 saturated heterocycles. The number of thioether (sulfide) groups is 2. The van der Waals surface area contributed by atoms with Gasteiger partial charge in [0.1, 0.15) is 12.1 Å². The summed E-state index contributed by atoms with van der Waals surface area (Å²) in [7, 11) is 0. The second-order valence-electron chi connectivity index (χ2n) is 7.83. The molecule has 0 aromatic carbocycles. The van der Waals surface area contributed by atoms with E-state index in [1.807, 2.05) is 27.7 Å². The standard InChI is InChI=1S/C24H42N4O6S2/c1-7-19(29)25-17(23(33)27(9-3)10-4)15-35-21(31)13-14-22(32)36-16-18(26-20(30)8-2)24(34)28(11-5)12-6/h17-18H,7-16H2,1-6H3,(H,25,29)(H,26,30)/t17-,18-/m0/s1. The van der Waals surface area contributed by atoms with Crippen molar-refractivity contribution in [1.29, 1.82) is 0 Å². The normalized spacial score (nSPS) is 12.3. The lowest BCUT2D eigenvalue weighted by Crippen LogP contribution is -2.50. The van der Waals surface area contributed by atoms with Crippen molar-refractivity contribution < 1.29 is 28.8 Å². The number of hydrogen-bond donors (Lipinski definition) is 2. The molecule has 0 heterocycles. The topological polar surface area (TPSA) is 133 Å². The van der Waals surface area contributed by atoms with Crippen molar-refractivity contribution in [2.75, 3.05) is 37.7 Å². The maximum atomic E-state index is 12.7. The van der Waals surface area contributed by atoms with Crippen molar-refractivity contribution in [2.45, 2.75) is 79.3 Å². The van der Waals surface area contributed by atoms with Crippen LogP contribution in [0.4, 0.5) is 0 Å². The number of carbonyl (C=O) groups is 6. The summed E-state index contributed by atoms with van der Waals surface area (Å²) in [6.07, 6.45) is 0.395. The van der Waals surface area contributed by atoms with Gasteiger partial charge in [0, 0.05) is 63.4 Å². The average molecular weight is 547 g/mol. The number of amides is 4. The zero-order valence-corrected chi connectivity index (χ0v) is 24.0. The molecule has 4 amide bonds. The Kier molecular flexibility index (Phi) is 18.0. The van der Waals surface area contributed by atoms with Crippen LogP contribution < -0.4 is 10.6 Å². The molecule has 2 atom stereocenters. The first-order valence-corrected chi connectivity index (χ1v) is 14.5. The summed E-state index contributed by atoms with van der Waals surface area (Å²) in [6.45, 7) is 12.7. The van der Waals surface area contributed by atoms with Crippen LogP contribution in [-0.4, -0.2) is 93.4 Å². The first-order valence-electron chi connectivity index (χ1n) is 12.6. The minimum Gasteiger partial charge on any atom is -0.344 e. The molecule has 0 bridgehead atoms. The van der Waals surface area contributed by atoms with Gasteiger partial charge in [0.05, 0.1) is 0 Å². The molecule has 0 aliphatic heterocycles. The van der Waals surface area contributed by atoms with Crippen LogP contribution in [0, 0.1) is 0 Å². The third-order valence-electron chi connectivity index (χ3n) is 5.41. The van der Waals surface area contributed by atoms with Gasteiger partial charge in [-0.1, -0.05) is 37.4 Å². The zero-order chi connectivity index (χ0) is 27.7. The summed E-state index contributed by atoms with van der Waals surface area (Å²) in [6, 6.07) is -1.63. The van der Waals surface area contributed by atoms with Crippen LogP contribution in [0.15, 0.2) is 0 Å². The summed E-state index contributed by atoms with van der Waals surface area (Å²) in [5.41, 5.74) is 0. The maximum absolute atomic E-state index is 12.7. The van der Waals surface area contributed by atoms with E-state index < -0.39 is 12.1 Å². The van der Waals surface area contributed by atoms with E-state index in [1.165, 1.54) is 0 Å². The smallest absolute Gasteiger partial charge is 0.246 e. The molecule has 0 aromatic rings. The summed E-state index contributed by atoms with van der Waals surface area (Å²) >= 11 is 1.83. The van der Waals surface area contributed by atoms with Gasteiger partial charge in [-0.05, 0) is 27.7 Å². The first kappa shape index (κ1) is 33.9. The fourth-order valence-corrected chi connectivity index (χ4v) is 4.80. The van der Waals surface area contributed by atoms with Crippen LogP contribution in [0.25, 0.3) is 0 Å². The van der Waals surface area contributed by atoms with Gasteiger partial charge in [0.25, 0.3) is 0 Å². The second-order valence-corrected chi connectivity index (χ2v) is 9.99. The lowest BCUT2D eigenvalue weighted by atomic mass is 10.2. The van der Waals surface area contributed by atoms with Crippen molar-refractivity contribution in [3.8, 4) is 0 Å². The van der Waals surface area contributed by atoms with Gasteiger partial charge < -0.3 is 20.4 Å². The Morgan fingerprint density at radius 2 is 0.889 bits per heavy atom. The number of nitrogens with one attached hydrogen (secondary N) is 2. The first-order chi connectivity index (χ1) is 17.1. The van der Waals surface area contributed by atoms with Gasteiger partial charge >= 0.3 is 0 Å². The Morgan fingerprint density at radius 3 is 1.14 bits per heavy atom. The molecule has 0 aliphatic rings. The monoisotopic (exact) mass is 546 g/mol. The molecule has 0 fully saturated rings. The minimum atomic E-state index is -0.814. The van der Waals surface area contributed by atoms with Crippen molar-refractivity contribution in [1.82, 2.24) is 20.4 Å². The van der Waals surface area contributed by atoms with Crippen LogP contribution in [0.5, 0.6) is 0 Å². The van der Waals surface area contributed by atoms with Crippen molar-refractivity contribution in [3.05, 3.63) is 0 Å². The minimum absolute atomic E-state index is 0.0274. The molecule has 0 unspecified atom stereocenters. The lowest BCUT2D eigenvalue weighted by Gasteiger charge is -2.25. The van der Waals surface area contributed by atoms with Crippen LogP contribution in [0.1, 0.15) is 67.2 Å². The molecule has 0 spiro atoms. The molecule has 0 saturated carbocycles. The Morgan fingerprint density at radius 1 is 0.583 bits per heavy atom. The fourth-order valence-electron chi connectivity index (χ4n) is 3.15. The van der Waals surface area contributed by atoms with E-state index in [4.69, 9.17) is 0 Å². The predicted molar refractivity (Wildman–Crippen MR) is 144 cm³/mol. The van der Waals surface area contributed by atoms with E-state index in [9.17, 15) is 28.8 Å². The lowest BCUT2D eigenvalue weighted by molar-refractivity contribution is -0.135. The largest absolute Gasteiger partial charge is 0.344 e. The van der Waals surface area contributed by atoms with Gasteiger partial charge in [0.2, 0.25) is 23.6 Å². The number of rotatable bonds is 17. The molecular weight excluding hydrogens is 504 g/mol. The van der Waals surface area contributed by atoms with E-state index in [0.717, 1.165) is 23.5 Å². The van der Waals surface area contributed by atoms with Gasteiger partial charge in [-0.25, -0.2) is 0 Å².